The van der Waals surface area contributed by atoms with Crippen LogP contribution in [0.2, 0.25) is 0 Å². The quantitative estimate of drug-likeness (QED) is 0.836. The van der Waals surface area contributed by atoms with E-state index in [1.54, 1.807) is 28.6 Å². The molecule has 0 spiro atoms. The zero-order valence-electron chi connectivity index (χ0n) is 16.5. The molecule has 28 heavy (non-hydrogen) atoms. The predicted molar refractivity (Wildman–Crippen MR) is 110 cm³/mol. The monoisotopic (exact) mass is 401 g/mol. The molecular weight excluding hydrogens is 374 g/mol. The van der Waals surface area contributed by atoms with Crippen LogP contribution in [0.1, 0.15) is 26.3 Å². The molecule has 1 saturated heterocycles. The number of nitrogens with zero attached hydrogens (tertiary/aromatic N) is 2. The molecule has 2 atom stereocenters. The minimum atomic E-state index is -3.58. The van der Waals surface area contributed by atoms with Gasteiger partial charge >= 0.3 is 0 Å². The summed E-state index contributed by atoms with van der Waals surface area (Å²) in [6.45, 7) is 7.27. The lowest BCUT2D eigenvalue weighted by Gasteiger charge is -2.43. The van der Waals surface area contributed by atoms with Crippen LogP contribution in [-0.2, 0) is 21.4 Å². The molecule has 0 bridgehead atoms. The standard InChI is InChI=1S/C21H27N3O3S/c1-16-13-23(14-17(2)24(16)15-19-7-5-4-6-8-19)28(26,27)21-11-9-20(10-12-21)22-18(3)25/h4-12,16-17H,13-15H2,1-3H3,(H,22,25). The molecule has 7 heteroatoms. The van der Waals surface area contributed by atoms with Crippen LogP contribution in [0.5, 0.6) is 0 Å². The Balaban J connectivity index is 1.73. The molecule has 1 amide bonds. The van der Waals surface area contributed by atoms with E-state index in [4.69, 9.17) is 0 Å². The van der Waals surface area contributed by atoms with Crippen LogP contribution in [0.4, 0.5) is 5.69 Å². The first-order valence-corrected chi connectivity index (χ1v) is 10.9. The maximum absolute atomic E-state index is 13.1. The van der Waals surface area contributed by atoms with Crippen molar-refractivity contribution in [3.8, 4) is 0 Å². The highest BCUT2D eigenvalue weighted by Crippen LogP contribution is 2.25. The summed E-state index contributed by atoms with van der Waals surface area (Å²) in [6, 6.07) is 16.8. The van der Waals surface area contributed by atoms with Crippen molar-refractivity contribution in [3.63, 3.8) is 0 Å². The van der Waals surface area contributed by atoms with E-state index in [9.17, 15) is 13.2 Å². The predicted octanol–water partition coefficient (Wildman–Crippen LogP) is 2.93. The van der Waals surface area contributed by atoms with Gasteiger partial charge in [-0.25, -0.2) is 8.42 Å². The second-order valence-electron chi connectivity index (χ2n) is 7.38. The highest BCUT2D eigenvalue weighted by atomic mass is 32.2. The Morgan fingerprint density at radius 2 is 1.57 bits per heavy atom. The SMILES string of the molecule is CC(=O)Nc1ccc(S(=O)(=O)N2CC(C)N(Cc3ccccc3)C(C)C2)cc1. The van der Waals surface area contributed by atoms with E-state index in [-0.39, 0.29) is 22.9 Å². The number of benzene rings is 2. The van der Waals surface area contributed by atoms with Crippen molar-refractivity contribution in [2.24, 2.45) is 0 Å². The highest BCUT2D eigenvalue weighted by molar-refractivity contribution is 7.89. The molecule has 1 N–H and O–H groups in total. The summed E-state index contributed by atoms with van der Waals surface area (Å²) in [6.07, 6.45) is 0. The van der Waals surface area contributed by atoms with Gasteiger partial charge in [0.15, 0.2) is 0 Å². The Kier molecular flexibility index (Phi) is 6.17. The van der Waals surface area contributed by atoms with Crippen LogP contribution in [0.3, 0.4) is 0 Å². The molecular formula is C21H27N3O3S. The molecule has 2 aromatic carbocycles. The van der Waals surface area contributed by atoms with Crippen molar-refractivity contribution in [2.75, 3.05) is 18.4 Å². The zero-order valence-corrected chi connectivity index (χ0v) is 17.3. The fraction of sp³-hybridized carbons (Fsp3) is 0.381. The van der Waals surface area contributed by atoms with E-state index in [0.717, 1.165) is 6.54 Å². The van der Waals surface area contributed by atoms with Gasteiger partial charge in [0.05, 0.1) is 4.90 Å². The first kappa shape index (κ1) is 20.5. The van der Waals surface area contributed by atoms with Gasteiger partial charge in [0.2, 0.25) is 15.9 Å². The van der Waals surface area contributed by atoms with Gasteiger partial charge in [0.1, 0.15) is 0 Å². The largest absolute Gasteiger partial charge is 0.326 e. The van der Waals surface area contributed by atoms with Crippen molar-refractivity contribution >= 4 is 21.6 Å². The number of sulfonamides is 1. The van der Waals surface area contributed by atoms with Crippen LogP contribution < -0.4 is 5.32 Å². The summed E-state index contributed by atoms with van der Waals surface area (Å²) in [5, 5.41) is 2.65. The third-order valence-electron chi connectivity index (χ3n) is 5.09. The van der Waals surface area contributed by atoms with Gasteiger partial charge in [0, 0.05) is 44.3 Å². The molecule has 2 aromatic rings. The molecule has 150 valence electrons. The van der Waals surface area contributed by atoms with Crippen molar-refractivity contribution < 1.29 is 13.2 Å². The molecule has 2 unspecified atom stereocenters. The average molecular weight is 402 g/mol. The number of hydrogen-bond acceptors (Lipinski definition) is 4. The Bertz CT molecular complexity index is 902. The summed E-state index contributed by atoms with van der Waals surface area (Å²) < 4.78 is 27.8. The topological polar surface area (TPSA) is 69.7 Å². The number of amides is 1. The minimum absolute atomic E-state index is 0.109. The number of anilines is 1. The van der Waals surface area contributed by atoms with Crippen LogP contribution in [0, 0.1) is 0 Å². The Morgan fingerprint density at radius 3 is 2.11 bits per heavy atom. The molecule has 0 saturated carbocycles. The van der Waals surface area contributed by atoms with E-state index in [0.29, 0.717) is 18.8 Å². The van der Waals surface area contributed by atoms with Gasteiger partial charge in [-0.05, 0) is 43.7 Å². The summed E-state index contributed by atoms with van der Waals surface area (Å²) in [5.41, 5.74) is 1.81. The van der Waals surface area contributed by atoms with Gasteiger partial charge in [-0.3, -0.25) is 9.69 Å². The average Bonchev–Trinajstić information content (AvgIpc) is 2.65. The number of nitrogens with one attached hydrogen (secondary N) is 1. The third kappa shape index (κ3) is 4.60. The van der Waals surface area contributed by atoms with Gasteiger partial charge in [0.25, 0.3) is 0 Å². The van der Waals surface area contributed by atoms with Crippen molar-refractivity contribution in [1.29, 1.82) is 0 Å². The van der Waals surface area contributed by atoms with E-state index in [2.05, 4.69) is 36.2 Å². The molecule has 0 aromatic heterocycles. The Hall–Kier alpha value is -2.22. The molecule has 1 fully saturated rings. The molecule has 0 radical (unpaired) electrons. The molecule has 1 heterocycles. The fourth-order valence-electron chi connectivity index (χ4n) is 3.67. The summed E-state index contributed by atoms with van der Waals surface area (Å²) >= 11 is 0. The zero-order chi connectivity index (χ0) is 20.3. The van der Waals surface area contributed by atoms with Crippen molar-refractivity contribution in [2.45, 2.75) is 44.3 Å². The third-order valence-corrected chi connectivity index (χ3v) is 6.93. The smallest absolute Gasteiger partial charge is 0.243 e. The van der Waals surface area contributed by atoms with E-state index < -0.39 is 10.0 Å². The van der Waals surface area contributed by atoms with Gasteiger partial charge in [-0.1, -0.05) is 30.3 Å². The van der Waals surface area contributed by atoms with E-state index in [1.807, 2.05) is 18.2 Å². The minimum Gasteiger partial charge on any atom is -0.326 e. The molecule has 3 rings (SSSR count). The van der Waals surface area contributed by atoms with Crippen LogP contribution in [0.25, 0.3) is 0 Å². The molecule has 1 aliphatic heterocycles. The number of piperazine rings is 1. The lowest BCUT2D eigenvalue weighted by atomic mass is 10.1. The molecule has 0 aliphatic carbocycles. The van der Waals surface area contributed by atoms with Crippen LogP contribution in [0.15, 0.2) is 59.5 Å². The fourth-order valence-corrected chi connectivity index (χ4v) is 5.27. The lowest BCUT2D eigenvalue weighted by molar-refractivity contribution is -0.114. The number of hydrogen-bond donors (Lipinski definition) is 1. The first-order chi connectivity index (χ1) is 13.3. The lowest BCUT2D eigenvalue weighted by Crippen LogP contribution is -2.57. The van der Waals surface area contributed by atoms with Crippen LogP contribution in [-0.4, -0.2) is 48.7 Å². The van der Waals surface area contributed by atoms with Crippen molar-refractivity contribution in [1.82, 2.24) is 9.21 Å². The van der Waals surface area contributed by atoms with Crippen molar-refractivity contribution in [3.05, 3.63) is 60.2 Å². The summed E-state index contributed by atoms with van der Waals surface area (Å²) in [5.74, 6) is -0.187. The second kappa shape index (κ2) is 8.43. The second-order valence-corrected chi connectivity index (χ2v) is 9.32. The summed E-state index contributed by atoms with van der Waals surface area (Å²) in [4.78, 5) is 13.7. The Labute approximate surface area is 167 Å². The number of carbonyl (C=O) groups excluding carboxylic acids is 1. The summed E-state index contributed by atoms with van der Waals surface area (Å²) in [7, 11) is -3.58. The van der Waals surface area contributed by atoms with Crippen LogP contribution >= 0.6 is 0 Å². The molecule has 6 nitrogen and oxygen atoms in total. The van der Waals surface area contributed by atoms with E-state index >= 15 is 0 Å². The number of carbonyl (C=O) groups is 1. The van der Waals surface area contributed by atoms with Gasteiger partial charge in [-0.15, -0.1) is 0 Å². The first-order valence-electron chi connectivity index (χ1n) is 9.45. The maximum Gasteiger partial charge on any atom is 0.243 e. The highest BCUT2D eigenvalue weighted by Gasteiger charge is 2.36. The maximum atomic E-state index is 13.1. The number of rotatable bonds is 5. The Morgan fingerprint density at radius 1 is 1.00 bits per heavy atom. The van der Waals surface area contributed by atoms with Gasteiger partial charge in [-0.2, -0.15) is 4.31 Å². The van der Waals surface area contributed by atoms with E-state index in [1.165, 1.54) is 12.5 Å². The van der Waals surface area contributed by atoms with Gasteiger partial charge < -0.3 is 5.32 Å². The normalized spacial score (nSPS) is 21.4. The molecule has 1 aliphatic rings.